The fraction of sp³-hybridized carbons (Fsp3) is 0.625. The molecule has 1 aliphatic rings. The van der Waals surface area contributed by atoms with Crippen molar-refractivity contribution in [2.45, 2.75) is 18.9 Å². The van der Waals surface area contributed by atoms with E-state index in [2.05, 4.69) is 6.58 Å². The highest BCUT2D eigenvalue weighted by Crippen LogP contribution is 2.40. The summed E-state index contributed by atoms with van der Waals surface area (Å²) in [4.78, 5) is 11.0. The van der Waals surface area contributed by atoms with E-state index in [9.17, 15) is 4.79 Å². The molecular weight excluding hydrogens is 126 g/mol. The van der Waals surface area contributed by atoms with Crippen LogP contribution in [0.15, 0.2) is 12.7 Å². The molecular formula is C8H14NO+. The first-order valence-electron chi connectivity index (χ1n) is 3.61. The van der Waals surface area contributed by atoms with Gasteiger partial charge >= 0.3 is 0 Å². The molecule has 1 fully saturated rings. The summed E-state index contributed by atoms with van der Waals surface area (Å²) in [5, 5.41) is 2.00. The SMILES string of the molecule is C=CC1C[C@]1([NH2+]C)C(C)=O. The molecule has 0 heterocycles. The van der Waals surface area contributed by atoms with Crippen LogP contribution >= 0.6 is 0 Å². The van der Waals surface area contributed by atoms with Gasteiger partial charge in [-0.25, -0.2) is 0 Å². The zero-order chi connectivity index (χ0) is 7.78. The van der Waals surface area contributed by atoms with E-state index < -0.39 is 0 Å². The second-order valence-corrected chi connectivity index (χ2v) is 2.93. The van der Waals surface area contributed by atoms with Gasteiger partial charge < -0.3 is 5.32 Å². The maximum Gasteiger partial charge on any atom is 0.190 e. The number of ketones is 1. The first-order valence-corrected chi connectivity index (χ1v) is 3.61. The highest BCUT2D eigenvalue weighted by atomic mass is 16.1. The van der Waals surface area contributed by atoms with Crippen molar-refractivity contribution in [1.29, 1.82) is 0 Å². The van der Waals surface area contributed by atoms with E-state index >= 15 is 0 Å². The van der Waals surface area contributed by atoms with Crippen LogP contribution in [0.3, 0.4) is 0 Å². The van der Waals surface area contributed by atoms with Gasteiger partial charge in [0.25, 0.3) is 0 Å². The highest BCUT2D eigenvalue weighted by Gasteiger charge is 2.59. The van der Waals surface area contributed by atoms with Crippen molar-refractivity contribution in [2.24, 2.45) is 5.92 Å². The summed E-state index contributed by atoms with van der Waals surface area (Å²) in [6.45, 7) is 5.33. The summed E-state index contributed by atoms with van der Waals surface area (Å²) in [6, 6.07) is 0. The van der Waals surface area contributed by atoms with E-state index in [1.165, 1.54) is 0 Å². The summed E-state index contributed by atoms with van der Waals surface area (Å²) in [5.41, 5.74) is -0.123. The summed E-state index contributed by atoms with van der Waals surface area (Å²) in [7, 11) is 1.95. The average Bonchev–Trinajstić information content (AvgIpc) is 2.62. The van der Waals surface area contributed by atoms with Gasteiger partial charge in [0.1, 0.15) is 0 Å². The van der Waals surface area contributed by atoms with E-state index in [1.807, 2.05) is 18.4 Å². The number of carbonyl (C=O) groups excluding carboxylic acids is 1. The maximum atomic E-state index is 11.0. The summed E-state index contributed by atoms with van der Waals surface area (Å²) >= 11 is 0. The summed E-state index contributed by atoms with van der Waals surface area (Å²) in [5.74, 6) is 0.690. The lowest BCUT2D eigenvalue weighted by atomic mass is 10.1. The van der Waals surface area contributed by atoms with Gasteiger partial charge in [0.15, 0.2) is 11.3 Å². The average molecular weight is 140 g/mol. The van der Waals surface area contributed by atoms with E-state index in [0.717, 1.165) is 6.42 Å². The smallest absolute Gasteiger partial charge is 0.190 e. The van der Waals surface area contributed by atoms with E-state index in [1.54, 1.807) is 6.92 Å². The first kappa shape index (κ1) is 7.48. The minimum Gasteiger partial charge on any atom is -0.337 e. The van der Waals surface area contributed by atoms with Crippen molar-refractivity contribution in [1.82, 2.24) is 0 Å². The predicted molar refractivity (Wildman–Crippen MR) is 39.6 cm³/mol. The number of nitrogens with two attached hydrogens (primary N) is 1. The summed E-state index contributed by atoms with van der Waals surface area (Å²) < 4.78 is 0. The number of Topliss-reactive ketones (excluding diaryl/α,β-unsaturated/α-hetero) is 1. The van der Waals surface area contributed by atoms with Crippen LogP contribution in [0.1, 0.15) is 13.3 Å². The van der Waals surface area contributed by atoms with Gasteiger partial charge in [0.05, 0.1) is 7.05 Å². The Morgan fingerprint density at radius 1 is 1.90 bits per heavy atom. The summed E-state index contributed by atoms with van der Waals surface area (Å²) in [6.07, 6.45) is 2.85. The van der Waals surface area contributed by atoms with E-state index in [4.69, 9.17) is 0 Å². The Labute approximate surface area is 61.3 Å². The van der Waals surface area contributed by atoms with Crippen LogP contribution in [0.4, 0.5) is 0 Å². The van der Waals surface area contributed by atoms with Crippen molar-refractivity contribution in [3.05, 3.63) is 12.7 Å². The molecule has 1 saturated carbocycles. The fourth-order valence-corrected chi connectivity index (χ4v) is 1.54. The zero-order valence-corrected chi connectivity index (χ0v) is 6.55. The monoisotopic (exact) mass is 140 g/mol. The van der Waals surface area contributed by atoms with Gasteiger partial charge in [-0.1, -0.05) is 6.08 Å². The molecule has 0 aromatic rings. The van der Waals surface area contributed by atoms with Crippen LogP contribution in [-0.2, 0) is 4.79 Å². The topological polar surface area (TPSA) is 33.7 Å². The Kier molecular flexibility index (Phi) is 1.65. The Hall–Kier alpha value is -0.630. The van der Waals surface area contributed by atoms with Gasteiger partial charge in [0, 0.05) is 19.3 Å². The third-order valence-electron chi connectivity index (χ3n) is 2.51. The number of hydrogen-bond donors (Lipinski definition) is 1. The minimum atomic E-state index is -0.123. The number of likely N-dealkylation sites (N-methyl/N-ethyl adjacent to an activating group) is 1. The second-order valence-electron chi connectivity index (χ2n) is 2.93. The molecule has 10 heavy (non-hydrogen) atoms. The van der Waals surface area contributed by atoms with Gasteiger partial charge in [-0.15, -0.1) is 6.58 Å². The van der Waals surface area contributed by atoms with Gasteiger partial charge in [-0.2, -0.15) is 0 Å². The number of hydrogen-bond acceptors (Lipinski definition) is 1. The van der Waals surface area contributed by atoms with Gasteiger partial charge in [0.2, 0.25) is 0 Å². The van der Waals surface area contributed by atoms with Crippen molar-refractivity contribution in [3.8, 4) is 0 Å². The maximum absolute atomic E-state index is 11.0. The van der Waals surface area contributed by atoms with Crippen molar-refractivity contribution in [2.75, 3.05) is 7.05 Å². The Bertz CT molecular complexity index is 176. The number of carbonyl (C=O) groups is 1. The lowest BCUT2D eigenvalue weighted by Gasteiger charge is -2.06. The molecule has 1 aliphatic carbocycles. The minimum absolute atomic E-state index is 0.123. The molecule has 0 aromatic heterocycles. The van der Waals surface area contributed by atoms with Crippen LogP contribution in [0.2, 0.25) is 0 Å². The van der Waals surface area contributed by atoms with Gasteiger partial charge in [-0.05, 0) is 0 Å². The van der Waals surface area contributed by atoms with E-state index in [-0.39, 0.29) is 11.3 Å². The molecule has 2 atom stereocenters. The van der Waals surface area contributed by atoms with Crippen LogP contribution < -0.4 is 5.32 Å². The predicted octanol–water partition coefficient (Wildman–Crippen LogP) is -0.287. The Morgan fingerprint density at radius 3 is 2.60 bits per heavy atom. The lowest BCUT2D eigenvalue weighted by molar-refractivity contribution is -0.665. The van der Waals surface area contributed by atoms with Crippen LogP contribution in [0.5, 0.6) is 0 Å². The fourth-order valence-electron chi connectivity index (χ4n) is 1.54. The van der Waals surface area contributed by atoms with E-state index in [0.29, 0.717) is 5.92 Å². The normalized spacial score (nSPS) is 37.2. The largest absolute Gasteiger partial charge is 0.337 e. The molecule has 0 radical (unpaired) electrons. The molecule has 0 bridgehead atoms. The third kappa shape index (κ3) is 0.797. The van der Waals surface area contributed by atoms with Crippen molar-refractivity contribution < 1.29 is 10.1 Å². The van der Waals surface area contributed by atoms with Crippen molar-refractivity contribution >= 4 is 5.78 Å². The molecule has 0 saturated heterocycles. The zero-order valence-electron chi connectivity index (χ0n) is 6.55. The second kappa shape index (κ2) is 2.20. The molecule has 2 nitrogen and oxygen atoms in total. The number of quaternary nitrogens is 1. The molecule has 0 aromatic carbocycles. The lowest BCUT2D eigenvalue weighted by Crippen LogP contribution is -2.91. The standard InChI is InChI=1S/C8H13NO/c1-4-7-5-8(7,9-3)6(2)10/h4,7,9H,1,5H2,2-3H3/p+1/t7?,8-/m0/s1. The molecule has 0 amide bonds. The molecule has 1 rings (SSSR count). The van der Waals surface area contributed by atoms with Crippen LogP contribution in [-0.4, -0.2) is 18.4 Å². The number of rotatable bonds is 3. The van der Waals surface area contributed by atoms with Crippen molar-refractivity contribution in [3.63, 3.8) is 0 Å². The van der Waals surface area contributed by atoms with Gasteiger partial charge in [-0.3, -0.25) is 4.79 Å². The Balaban J connectivity index is 2.67. The third-order valence-corrected chi connectivity index (χ3v) is 2.51. The molecule has 56 valence electrons. The molecule has 0 spiro atoms. The first-order chi connectivity index (χ1) is 4.67. The molecule has 2 heteroatoms. The molecule has 1 unspecified atom stereocenters. The highest BCUT2D eigenvalue weighted by molar-refractivity contribution is 5.88. The quantitative estimate of drug-likeness (QED) is 0.537. The molecule has 2 N–H and O–H groups in total. The Morgan fingerprint density at radius 2 is 2.50 bits per heavy atom. The van der Waals surface area contributed by atoms with Crippen LogP contribution in [0.25, 0.3) is 0 Å². The molecule has 0 aliphatic heterocycles. The van der Waals surface area contributed by atoms with Crippen LogP contribution in [0, 0.1) is 5.92 Å².